The van der Waals surface area contributed by atoms with Crippen LogP contribution >= 0.6 is 0 Å². The van der Waals surface area contributed by atoms with E-state index in [2.05, 4.69) is 29.6 Å². The molecule has 25 heavy (non-hydrogen) atoms. The van der Waals surface area contributed by atoms with Crippen LogP contribution in [-0.2, 0) is 16.0 Å². The second kappa shape index (κ2) is 6.36. The monoisotopic (exact) mass is 342 g/mol. The van der Waals surface area contributed by atoms with Gasteiger partial charge in [-0.25, -0.2) is 4.79 Å². The van der Waals surface area contributed by atoms with Crippen molar-refractivity contribution in [1.29, 1.82) is 0 Å². The van der Waals surface area contributed by atoms with Gasteiger partial charge in [0.25, 0.3) is 0 Å². The minimum atomic E-state index is -0.155. The van der Waals surface area contributed by atoms with Crippen molar-refractivity contribution >= 4 is 12.0 Å². The van der Waals surface area contributed by atoms with Crippen LogP contribution in [0, 0.1) is 17.8 Å². The summed E-state index contributed by atoms with van der Waals surface area (Å²) in [5, 5.41) is 3.26. The maximum atomic E-state index is 12.7. The van der Waals surface area contributed by atoms with Crippen molar-refractivity contribution in [2.24, 2.45) is 17.8 Å². The summed E-state index contributed by atoms with van der Waals surface area (Å²) in [6.07, 6.45) is 2.96. The Balaban J connectivity index is 1.36. The van der Waals surface area contributed by atoms with Crippen molar-refractivity contribution < 1.29 is 14.3 Å². The Labute approximate surface area is 148 Å². The van der Waals surface area contributed by atoms with E-state index < -0.39 is 0 Å². The summed E-state index contributed by atoms with van der Waals surface area (Å²) >= 11 is 0. The molecule has 1 N–H and O–H groups in total. The van der Waals surface area contributed by atoms with E-state index in [1.54, 1.807) is 0 Å². The third kappa shape index (κ3) is 2.90. The summed E-state index contributed by atoms with van der Waals surface area (Å²) in [7, 11) is 1.43. The Morgan fingerprint density at radius 3 is 2.80 bits per heavy atom. The normalized spacial score (nSPS) is 33.0. The maximum absolute atomic E-state index is 12.7. The zero-order valence-electron chi connectivity index (χ0n) is 14.9. The molecule has 5 atom stereocenters. The molecule has 2 aliphatic carbocycles. The first-order valence-corrected chi connectivity index (χ1v) is 9.31. The molecule has 2 fully saturated rings. The lowest BCUT2D eigenvalue weighted by Gasteiger charge is -2.35. The molecule has 1 aromatic rings. The molecule has 5 nitrogen and oxygen atoms in total. The molecule has 0 aromatic heterocycles. The number of methoxy groups -OCH3 is 1. The number of benzene rings is 1. The van der Waals surface area contributed by atoms with Gasteiger partial charge in [-0.15, -0.1) is 0 Å². The van der Waals surface area contributed by atoms with Crippen molar-refractivity contribution in [2.45, 2.75) is 38.1 Å². The van der Waals surface area contributed by atoms with E-state index in [4.69, 9.17) is 4.74 Å². The first kappa shape index (κ1) is 16.4. The molecule has 0 spiro atoms. The highest BCUT2D eigenvalue weighted by Crippen LogP contribution is 2.54. The first-order chi connectivity index (χ1) is 12.1. The highest BCUT2D eigenvalue weighted by molar-refractivity contribution is 5.77. The fraction of sp³-hybridized carbons (Fsp3) is 0.600. The lowest BCUT2D eigenvalue weighted by molar-refractivity contribution is -0.148. The van der Waals surface area contributed by atoms with Gasteiger partial charge in [-0.2, -0.15) is 0 Å². The van der Waals surface area contributed by atoms with Gasteiger partial charge in [-0.3, -0.25) is 4.79 Å². The van der Waals surface area contributed by atoms with E-state index in [1.165, 1.54) is 18.2 Å². The third-order valence-corrected chi connectivity index (χ3v) is 6.32. The van der Waals surface area contributed by atoms with E-state index in [9.17, 15) is 9.59 Å². The molecule has 2 amide bonds. The second-order valence-corrected chi connectivity index (χ2v) is 7.74. The fourth-order valence-electron chi connectivity index (χ4n) is 4.83. The number of urea groups is 1. The molecule has 4 rings (SSSR count). The number of carbonyl (C=O) groups excluding carboxylic acids is 2. The number of esters is 1. The smallest absolute Gasteiger partial charge is 0.317 e. The van der Waals surface area contributed by atoms with Crippen molar-refractivity contribution in [3.63, 3.8) is 0 Å². The van der Waals surface area contributed by atoms with E-state index in [0.717, 1.165) is 12.8 Å². The van der Waals surface area contributed by atoms with Crippen LogP contribution in [0.2, 0.25) is 0 Å². The molecule has 1 saturated heterocycles. The number of rotatable bonds is 2. The average molecular weight is 342 g/mol. The molecule has 0 unspecified atom stereocenters. The Bertz CT molecular complexity index is 689. The van der Waals surface area contributed by atoms with Crippen LogP contribution in [0.25, 0.3) is 0 Å². The standard InChI is InChI=1S/C20H26N2O3/c1-12-11-22(10-9-14(12)19(23)25-2)20(24)21-18-16-8-7-13-5-3-4-6-15(13)17(16)18/h3-6,12,14,16-18H,7-11H2,1-2H3,(H,21,24)/t12-,14+,16+,17-,18+/m0/s1. The zero-order chi connectivity index (χ0) is 17.6. The molecule has 5 heteroatoms. The van der Waals surface area contributed by atoms with Gasteiger partial charge in [0.15, 0.2) is 0 Å². The van der Waals surface area contributed by atoms with E-state index in [1.807, 2.05) is 11.8 Å². The van der Waals surface area contributed by atoms with Crippen LogP contribution < -0.4 is 5.32 Å². The molecule has 1 aliphatic heterocycles. The molecule has 0 bridgehead atoms. The number of aryl methyl sites for hydroxylation is 1. The summed E-state index contributed by atoms with van der Waals surface area (Å²) < 4.78 is 4.87. The number of hydrogen-bond donors (Lipinski definition) is 1. The van der Waals surface area contributed by atoms with Gasteiger partial charge in [-0.05, 0) is 42.2 Å². The molecular weight excluding hydrogens is 316 g/mol. The van der Waals surface area contributed by atoms with Crippen LogP contribution in [0.15, 0.2) is 24.3 Å². The van der Waals surface area contributed by atoms with Crippen LogP contribution in [0.4, 0.5) is 4.79 Å². The van der Waals surface area contributed by atoms with E-state index in [-0.39, 0.29) is 29.9 Å². The Hall–Kier alpha value is -2.04. The van der Waals surface area contributed by atoms with Gasteiger partial charge in [-0.1, -0.05) is 31.2 Å². The number of amides is 2. The van der Waals surface area contributed by atoms with Crippen molar-refractivity contribution in [3.8, 4) is 0 Å². The van der Waals surface area contributed by atoms with E-state index in [0.29, 0.717) is 31.3 Å². The molecule has 3 aliphatic rings. The summed E-state index contributed by atoms with van der Waals surface area (Å²) in [6, 6.07) is 8.90. The van der Waals surface area contributed by atoms with Crippen molar-refractivity contribution in [3.05, 3.63) is 35.4 Å². The van der Waals surface area contributed by atoms with Gasteiger partial charge in [0.1, 0.15) is 0 Å². The van der Waals surface area contributed by atoms with Crippen LogP contribution in [0.5, 0.6) is 0 Å². The number of nitrogens with one attached hydrogen (secondary N) is 1. The lowest BCUT2D eigenvalue weighted by atomic mass is 9.87. The summed E-state index contributed by atoms with van der Waals surface area (Å²) in [5.41, 5.74) is 2.86. The number of carbonyl (C=O) groups is 2. The van der Waals surface area contributed by atoms with Gasteiger partial charge in [0.2, 0.25) is 0 Å². The molecular formula is C20H26N2O3. The fourth-order valence-corrected chi connectivity index (χ4v) is 4.83. The number of likely N-dealkylation sites (tertiary alicyclic amines) is 1. The quantitative estimate of drug-likeness (QED) is 0.841. The van der Waals surface area contributed by atoms with Crippen LogP contribution in [0.1, 0.15) is 36.8 Å². The van der Waals surface area contributed by atoms with Crippen LogP contribution in [0.3, 0.4) is 0 Å². The minimum Gasteiger partial charge on any atom is -0.469 e. The molecule has 0 radical (unpaired) electrons. The predicted molar refractivity (Wildman–Crippen MR) is 94.2 cm³/mol. The van der Waals surface area contributed by atoms with Gasteiger partial charge < -0.3 is 15.0 Å². The average Bonchev–Trinajstić information content (AvgIpc) is 3.34. The highest BCUT2D eigenvalue weighted by Gasteiger charge is 2.54. The van der Waals surface area contributed by atoms with Gasteiger partial charge in [0.05, 0.1) is 13.0 Å². The van der Waals surface area contributed by atoms with Crippen molar-refractivity contribution in [2.75, 3.05) is 20.2 Å². The maximum Gasteiger partial charge on any atom is 0.317 e. The SMILES string of the molecule is COC(=O)[C@@H]1CCN(C(=O)N[C@@H]2[C@@H]3CCc4ccccc4[C@@H]32)C[C@@H]1C. The number of fused-ring (bicyclic) bond motifs is 3. The summed E-state index contributed by atoms with van der Waals surface area (Å²) in [5.74, 6) is 0.957. The number of piperidine rings is 1. The largest absolute Gasteiger partial charge is 0.469 e. The van der Waals surface area contributed by atoms with Gasteiger partial charge in [0, 0.05) is 25.0 Å². The van der Waals surface area contributed by atoms with Gasteiger partial charge >= 0.3 is 12.0 Å². The summed E-state index contributed by atoms with van der Waals surface area (Å²) in [4.78, 5) is 26.3. The summed E-state index contributed by atoms with van der Waals surface area (Å²) in [6.45, 7) is 3.26. The molecule has 1 saturated carbocycles. The van der Waals surface area contributed by atoms with E-state index >= 15 is 0 Å². The Morgan fingerprint density at radius 2 is 2.04 bits per heavy atom. The number of ether oxygens (including phenoxy) is 1. The van der Waals surface area contributed by atoms with Crippen LogP contribution in [-0.4, -0.2) is 43.1 Å². The van der Waals surface area contributed by atoms with Crippen molar-refractivity contribution in [1.82, 2.24) is 10.2 Å². The third-order valence-electron chi connectivity index (χ3n) is 6.32. The Kier molecular flexibility index (Phi) is 4.18. The predicted octanol–water partition coefficient (Wildman–Crippen LogP) is 2.56. The number of nitrogens with zero attached hydrogens (tertiary/aromatic N) is 1. The lowest BCUT2D eigenvalue weighted by Crippen LogP contribution is -2.49. The number of hydrogen-bond acceptors (Lipinski definition) is 3. The minimum absolute atomic E-state index is 0.0204. The Morgan fingerprint density at radius 1 is 1.24 bits per heavy atom. The second-order valence-electron chi connectivity index (χ2n) is 7.74. The molecule has 1 aromatic carbocycles. The topological polar surface area (TPSA) is 58.6 Å². The molecule has 1 heterocycles. The first-order valence-electron chi connectivity index (χ1n) is 9.31. The highest BCUT2D eigenvalue weighted by atomic mass is 16.5. The molecule has 134 valence electrons. The zero-order valence-corrected chi connectivity index (χ0v) is 14.9.